The van der Waals surface area contributed by atoms with Crippen molar-refractivity contribution in [3.63, 3.8) is 0 Å². The lowest BCUT2D eigenvalue weighted by molar-refractivity contribution is -0.127. The van der Waals surface area contributed by atoms with Gasteiger partial charge in [-0.05, 0) is 47.9 Å². The fourth-order valence-electron chi connectivity index (χ4n) is 2.96. The van der Waals surface area contributed by atoms with Crippen molar-refractivity contribution in [1.29, 1.82) is 0 Å². The van der Waals surface area contributed by atoms with Crippen LogP contribution in [0.4, 0.5) is 0 Å². The van der Waals surface area contributed by atoms with E-state index in [-0.39, 0.29) is 5.91 Å². The van der Waals surface area contributed by atoms with Crippen molar-refractivity contribution in [2.45, 2.75) is 32.8 Å². The third-order valence-electron chi connectivity index (χ3n) is 4.68. The van der Waals surface area contributed by atoms with E-state index in [1.165, 1.54) is 0 Å². The molecular formula is C25H27NO4. The van der Waals surface area contributed by atoms with Crippen molar-refractivity contribution in [2.24, 2.45) is 0 Å². The predicted molar refractivity (Wildman–Crippen MR) is 116 cm³/mol. The van der Waals surface area contributed by atoms with Crippen LogP contribution in [0.2, 0.25) is 0 Å². The summed E-state index contributed by atoms with van der Waals surface area (Å²) in [6.45, 7) is 3.18. The molecule has 30 heavy (non-hydrogen) atoms. The highest BCUT2D eigenvalue weighted by molar-refractivity contribution is 5.80. The quantitative estimate of drug-likeness (QED) is 0.540. The van der Waals surface area contributed by atoms with Crippen LogP contribution in [0.25, 0.3) is 0 Å². The molecule has 3 aromatic rings. The molecule has 1 amide bonds. The van der Waals surface area contributed by atoms with Gasteiger partial charge in [0, 0.05) is 6.54 Å². The number of carbonyl (C=O) groups is 1. The Morgan fingerprint density at radius 1 is 0.833 bits per heavy atom. The molecule has 5 heteroatoms. The van der Waals surface area contributed by atoms with Crippen molar-refractivity contribution in [3.8, 4) is 11.5 Å². The van der Waals surface area contributed by atoms with Crippen molar-refractivity contribution >= 4 is 5.91 Å². The minimum atomic E-state index is -0.611. The molecule has 0 saturated carbocycles. The number of benzene rings is 3. The fraction of sp³-hybridized carbons (Fsp3) is 0.240. The van der Waals surface area contributed by atoms with Gasteiger partial charge in [-0.15, -0.1) is 0 Å². The zero-order chi connectivity index (χ0) is 21.2. The number of amides is 1. The van der Waals surface area contributed by atoms with E-state index < -0.39 is 6.10 Å². The maximum Gasteiger partial charge on any atom is 0.261 e. The Hall–Kier alpha value is -3.31. The molecule has 0 aliphatic rings. The molecule has 0 fully saturated rings. The van der Waals surface area contributed by atoms with Gasteiger partial charge in [0.15, 0.2) is 6.10 Å². The van der Waals surface area contributed by atoms with Gasteiger partial charge < -0.3 is 19.5 Å². The lowest BCUT2D eigenvalue weighted by Gasteiger charge is -2.16. The summed E-state index contributed by atoms with van der Waals surface area (Å²) in [6.07, 6.45) is -0.611. The van der Waals surface area contributed by atoms with Crippen LogP contribution in [0, 0.1) is 0 Å². The fourth-order valence-corrected chi connectivity index (χ4v) is 2.96. The smallest absolute Gasteiger partial charge is 0.261 e. The van der Waals surface area contributed by atoms with Crippen LogP contribution >= 0.6 is 0 Å². The van der Waals surface area contributed by atoms with Crippen molar-refractivity contribution in [1.82, 2.24) is 5.32 Å². The minimum absolute atomic E-state index is 0.175. The van der Waals surface area contributed by atoms with Crippen LogP contribution in [0.5, 0.6) is 11.5 Å². The minimum Gasteiger partial charge on any atom is -0.497 e. The Labute approximate surface area is 177 Å². The van der Waals surface area contributed by atoms with E-state index in [1.54, 1.807) is 38.3 Å². The second-order valence-corrected chi connectivity index (χ2v) is 6.90. The second kappa shape index (κ2) is 11.0. The summed E-state index contributed by atoms with van der Waals surface area (Å²) in [5, 5.41) is 2.95. The van der Waals surface area contributed by atoms with E-state index in [1.807, 2.05) is 54.6 Å². The highest BCUT2D eigenvalue weighted by Crippen LogP contribution is 2.18. The monoisotopic (exact) mass is 405 g/mol. The molecule has 1 N–H and O–H groups in total. The molecule has 1 atom stereocenters. The summed E-state index contributed by atoms with van der Waals surface area (Å²) in [5.41, 5.74) is 3.21. The molecule has 0 heterocycles. The lowest BCUT2D eigenvalue weighted by atomic mass is 10.1. The molecule has 0 aliphatic carbocycles. The van der Waals surface area contributed by atoms with Crippen molar-refractivity contribution < 1.29 is 19.0 Å². The zero-order valence-electron chi connectivity index (χ0n) is 17.3. The molecule has 3 rings (SSSR count). The van der Waals surface area contributed by atoms with Gasteiger partial charge >= 0.3 is 0 Å². The Kier molecular flexibility index (Phi) is 7.86. The highest BCUT2D eigenvalue weighted by atomic mass is 16.5. The van der Waals surface area contributed by atoms with Crippen LogP contribution in [0.3, 0.4) is 0 Å². The van der Waals surface area contributed by atoms with Crippen LogP contribution in [0.15, 0.2) is 78.9 Å². The number of methoxy groups -OCH3 is 1. The maximum atomic E-state index is 12.5. The Morgan fingerprint density at radius 2 is 1.47 bits per heavy atom. The number of rotatable bonds is 10. The molecule has 0 aromatic heterocycles. The average molecular weight is 405 g/mol. The molecule has 0 radical (unpaired) electrons. The van der Waals surface area contributed by atoms with Crippen molar-refractivity contribution in [3.05, 3.63) is 95.6 Å². The molecule has 156 valence electrons. The van der Waals surface area contributed by atoms with Crippen LogP contribution in [-0.2, 0) is 29.3 Å². The first kappa shape index (κ1) is 21.4. The largest absolute Gasteiger partial charge is 0.497 e. The highest BCUT2D eigenvalue weighted by Gasteiger charge is 2.15. The summed E-state index contributed by atoms with van der Waals surface area (Å²) in [4.78, 5) is 12.5. The van der Waals surface area contributed by atoms with E-state index in [9.17, 15) is 4.79 Å². The summed E-state index contributed by atoms with van der Waals surface area (Å²) < 4.78 is 16.7. The number of nitrogens with one attached hydrogen (secondary N) is 1. The van der Waals surface area contributed by atoms with Crippen LogP contribution in [0.1, 0.15) is 23.6 Å². The third kappa shape index (κ3) is 6.36. The predicted octanol–water partition coefficient (Wildman–Crippen LogP) is 4.50. The topological polar surface area (TPSA) is 56.8 Å². The van der Waals surface area contributed by atoms with E-state index >= 15 is 0 Å². The Bertz CT molecular complexity index is 925. The van der Waals surface area contributed by atoms with E-state index in [0.717, 1.165) is 22.4 Å². The zero-order valence-corrected chi connectivity index (χ0v) is 17.3. The number of ether oxygens (including phenoxy) is 3. The normalized spacial score (nSPS) is 11.5. The van der Waals surface area contributed by atoms with Gasteiger partial charge in [0.1, 0.15) is 11.5 Å². The first-order valence-corrected chi connectivity index (χ1v) is 9.92. The van der Waals surface area contributed by atoms with E-state index in [2.05, 4.69) is 5.32 Å². The second-order valence-electron chi connectivity index (χ2n) is 6.90. The summed E-state index contributed by atoms with van der Waals surface area (Å²) in [7, 11) is 1.61. The van der Waals surface area contributed by atoms with Gasteiger partial charge in [-0.25, -0.2) is 0 Å². The number of hydrogen-bond donors (Lipinski definition) is 1. The number of hydrogen-bond acceptors (Lipinski definition) is 4. The van der Waals surface area contributed by atoms with Gasteiger partial charge in [-0.3, -0.25) is 4.79 Å². The Balaban J connectivity index is 1.50. The van der Waals surface area contributed by atoms with Gasteiger partial charge in [-0.2, -0.15) is 0 Å². The molecule has 3 aromatic carbocycles. The molecule has 0 aliphatic heterocycles. The molecule has 5 nitrogen and oxygen atoms in total. The molecule has 0 saturated heterocycles. The average Bonchev–Trinajstić information content (AvgIpc) is 2.79. The third-order valence-corrected chi connectivity index (χ3v) is 4.68. The van der Waals surface area contributed by atoms with Gasteiger partial charge in [0.05, 0.1) is 20.3 Å². The molecule has 0 bridgehead atoms. The van der Waals surface area contributed by atoms with Gasteiger partial charge in [0.25, 0.3) is 5.91 Å². The molecule has 0 spiro atoms. The molecular weight excluding hydrogens is 378 g/mol. The lowest BCUT2D eigenvalue weighted by Crippen LogP contribution is -2.36. The van der Waals surface area contributed by atoms with Crippen LogP contribution < -0.4 is 14.8 Å². The van der Waals surface area contributed by atoms with Gasteiger partial charge in [-0.1, -0.05) is 54.6 Å². The van der Waals surface area contributed by atoms with Crippen LogP contribution in [-0.4, -0.2) is 19.1 Å². The number of carbonyl (C=O) groups excluding carboxylic acids is 1. The SMILES string of the molecule is COc1ccc(OC(C)C(=O)NCc2ccccc2COCc2ccccc2)cc1. The summed E-state index contributed by atoms with van der Waals surface area (Å²) in [6, 6.07) is 25.2. The standard InChI is InChI=1S/C25H27NO4/c1-19(30-24-14-12-23(28-2)13-15-24)25(27)26-16-21-10-6-7-11-22(21)18-29-17-20-8-4-3-5-9-20/h3-15,19H,16-18H2,1-2H3,(H,26,27). The van der Waals surface area contributed by atoms with Crippen molar-refractivity contribution in [2.75, 3.05) is 7.11 Å². The molecule has 1 unspecified atom stereocenters. The first-order valence-electron chi connectivity index (χ1n) is 9.92. The van der Waals surface area contributed by atoms with E-state index in [0.29, 0.717) is 25.5 Å². The van der Waals surface area contributed by atoms with Gasteiger partial charge in [0.2, 0.25) is 0 Å². The maximum absolute atomic E-state index is 12.5. The summed E-state index contributed by atoms with van der Waals surface area (Å²) in [5.74, 6) is 1.18. The van der Waals surface area contributed by atoms with E-state index in [4.69, 9.17) is 14.2 Å². The Morgan fingerprint density at radius 3 is 2.17 bits per heavy atom. The first-order chi connectivity index (χ1) is 14.7. The summed E-state index contributed by atoms with van der Waals surface area (Å²) >= 11 is 0.